The van der Waals surface area contributed by atoms with E-state index in [-0.39, 0.29) is 5.57 Å². The van der Waals surface area contributed by atoms with Crippen LogP contribution in [-0.4, -0.2) is 37.4 Å². The van der Waals surface area contributed by atoms with E-state index in [1.165, 1.54) is 0 Å². The van der Waals surface area contributed by atoms with Crippen molar-refractivity contribution in [3.05, 3.63) is 42.0 Å². The molecule has 0 aliphatic rings. The minimum absolute atomic E-state index is 0.107. The van der Waals surface area contributed by atoms with Crippen molar-refractivity contribution in [2.24, 2.45) is 0 Å². The topological polar surface area (TPSA) is 109 Å². The molecule has 1 aromatic carbocycles. The van der Waals surface area contributed by atoms with Crippen LogP contribution in [0.5, 0.6) is 0 Å². The molecular weight excluding hydrogens is 280 g/mol. The Morgan fingerprint density at radius 3 is 2.00 bits per heavy atom. The molecule has 0 spiro atoms. The Bertz CT molecular complexity index is 628. The van der Waals surface area contributed by atoms with E-state index in [2.05, 4.69) is 0 Å². The Kier molecular flexibility index (Phi) is 4.63. The summed E-state index contributed by atoms with van der Waals surface area (Å²) in [5.74, 6) is -1.43. The van der Waals surface area contributed by atoms with Crippen molar-refractivity contribution in [2.75, 3.05) is 11.5 Å². The Labute approximate surface area is 105 Å². The van der Waals surface area contributed by atoms with Crippen LogP contribution in [0.2, 0.25) is 0 Å². The summed E-state index contributed by atoms with van der Waals surface area (Å²) in [6.45, 7) is 0. The SMILES string of the molecule is O=S(=O)(O)C/C=C(/CS(=O)(=O)O)c1ccccc1. The Hall–Kier alpha value is -1.22. The van der Waals surface area contributed by atoms with E-state index >= 15 is 0 Å². The number of rotatable bonds is 5. The third-order valence-corrected chi connectivity index (χ3v) is 3.29. The molecule has 0 bridgehead atoms. The lowest BCUT2D eigenvalue weighted by molar-refractivity contribution is 0.484. The minimum atomic E-state index is -4.28. The first kappa shape index (κ1) is 14.8. The highest BCUT2D eigenvalue weighted by Crippen LogP contribution is 2.16. The largest absolute Gasteiger partial charge is 0.285 e. The summed E-state index contributed by atoms with van der Waals surface area (Å²) in [5.41, 5.74) is 0.564. The van der Waals surface area contributed by atoms with E-state index < -0.39 is 31.7 Å². The summed E-state index contributed by atoms with van der Waals surface area (Å²) in [7, 11) is -8.52. The minimum Gasteiger partial charge on any atom is -0.285 e. The molecule has 100 valence electrons. The third-order valence-electron chi connectivity index (χ3n) is 2.02. The smallest absolute Gasteiger partial charge is 0.269 e. The van der Waals surface area contributed by atoms with Gasteiger partial charge in [0.05, 0.1) is 5.75 Å². The van der Waals surface area contributed by atoms with Crippen LogP contribution < -0.4 is 0 Å². The molecule has 0 heterocycles. The van der Waals surface area contributed by atoms with Crippen molar-refractivity contribution in [3.8, 4) is 0 Å². The van der Waals surface area contributed by atoms with Crippen molar-refractivity contribution in [1.82, 2.24) is 0 Å². The van der Waals surface area contributed by atoms with E-state index in [9.17, 15) is 16.8 Å². The van der Waals surface area contributed by atoms with E-state index in [1.54, 1.807) is 30.3 Å². The third kappa shape index (κ3) is 5.92. The molecule has 18 heavy (non-hydrogen) atoms. The molecule has 0 unspecified atom stereocenters. The van der Waals surface area contributed by atoms with Gasteiger partial charge in [-0.25, -0.2) is 0 Å². The van der Waals surface area contributed by atoms with Crippen LogP contribution in [0.3, 0.4) is 0 Å². The number of hydrogen-bond donors (Lipinski definition) is 2. The Balaban J connectivity index is 3.11. The first-order chi connectivity index (χ1) is 8.17. The summed E-state index contributed by atoms with van der Waals surface area (Å²) >= 11 is 0. The van der Waals surface area contributed by atoms with Gasteiger partial charge in [-0.2, -0.15) is 16.8 Å². The Morgan fingerprint density at radius 1 is 1.00 bits per heavy atom. The lowest BCUT2D eigenvalue weighted by Crippen LogP contribution is -2.08. The van der Waals surface area contributed by atoms with Crippen LogP contribution in [0, 0.1) is 0 Å². The van der Waals surface area contributed by atoms with Gasteiger partial charge in [-0.05, 0) is 11.1 Å². The van der Waals surface area contributed by atoms with Gasteiger partial charge in [0, 0.05) is 0 Å². The second-order valence-corrected chi connectivity index (χ2v) is 6.52. The van der Waals surface area contributed by atoms with Crippen LogP contribution in [0.4, 0.5) is 0 Å². The van der Waals surface area contributed by atoms with Crippen LogP contribution in [-0.2, 0) is 20.2 Å². The lowest BCUT2D eigenvalue weighted by Gasteiger charge is -2.05. The van der Waals surface area contributed by atoms with Crippen LogP contribution in [0.1, 0.15) is 5.56 Å². The molecule has 1 rings (SSSR count). The molecule has 0 amide bonds. The summed E-state index contributed by atoms with van der Waals surface area (Å²) in [4.78, 5) is 0. The van der Waals surface area contributed by atoms with Gasteiger partial charge in [0.25, 0.3) is 20.2 Å². The van der Waals surface area contributed by atoms with Crippen molar-refractivity contribution >= 4 is 25.8 Å². The molecule has 8 heteroatoms. The van der Waals surface area contributed by atoms with E-state index in [0.717, 1.165) is 6.08 Å². The van der Waals surface area contributed by atoms with E-state index in [0.29, 0.717) is 5.56 Å². The van der Waals surface area contributed by atoms with Crippen LogP contribution in [0.25, 0.3) is 5.57 Å². The van der Waals surface area contributed by atoms with Gasteiger partial charge in [-0.3, -0.25) is 9.11 Å². The van der Waals surface area contributed by atoms with Gasteiger partial charge in [0.1, 0.15) is 5.75 Å². The average Bonchev–Trinajstić information content (AvgIpc) is 2.23. The highest BCUT2D eigenvalue weighted by atomic mass is 32.2. The molecule has 0 radical (unpaired) electrons. The lowest BCUT2D eigenvalue weighted by atomic mass is 10.1. The fraction of sp³-hybridized carbons (Fsp3) is 0.200. The Morgan fingerprint density at radius 2 is 1.56 bits per heavy atom. The van der Waals surface area contributed by atoms with Gasteiger partial charge in [-0.15, -0.1) is 0 Å². The first-order valence-electron chi connectivity index (χ1n) is 4.82. The monoisotopic (exact) mass is 292 g/mol. The van der Waals surface area contributed by atoms with Gasteiger partial charge in [0.15, 0.2) is 0 Å². The van der Waals surface area contributed by atoms with Crippen molar-refractivity contribution in [2.45, 2.75) is 0 Å². The zero-order valence-electron chi connectivity index (χ0n) is 9.22. The highest BCUT2D eigenvalue weighted by molar-refractivity contribution is 7.86. The first-order valence-corrected chi connectivity index (χ1v) is 8.04. The quantitative estimate of drug-likeness (QED) is 0.779. The zero-order chi connectivity index (χ0) is 13.8. The zero-order valence-corrected chi connectivity index (χ0v) is 10.9. The normalized spacial score (nSPS) is 13.6. The molecule has 6 nitrogen and oxygen atoms in total. The molecule has 0 atom stereocenters. The van der Waals surface area contributed by atoms with Gasteiger partial charge in [0.2, 0.25) is 0 Å². The summed E-state index contributed by atoms with van der Waals surface area (Å²) in [6, 6.07) is 8.13. The molecule has 0 fully saturated rings. The fourth-order valence-electron chi connectivity index (χ4n) is 1.31. The maximum Gasteiger partial charge on any atom is 0.269 e. The van der Waals surface area contributed by atoms with Crippen LogP contribution in [0.15, 0.2) is 36.4 Å². The maximum atomic E-state index is 10.8. The van der Waals surface area contributed by atoms with E-state index in [4.69, 9.17) is 9.11 Å². The summed E-state index contributed by atoms with van der Waals surface area (Å²) in [5, 5.41) is 0. The molecule has 0 aliphatic heterocycles. The molecular formula is C10H12O6S2. The number of hydrogen-bond acceptors (Lipinski definition) is 4. The molecule has 0 aromatic heterocycles. The highest BCUT2D eigenvalue weighted by Gasteiger charge is 2.12. The molecule has 0 saturated carbocycles. The van der Waals surface area contributed by atoms with Crippen molar-refractivity contribution < 1.29 is 25.9 Å². The summed E-state index contributed by atoms with van der Waals surface area (Å²) < 4.78 is 60.4. The second kappa shape index (κ2) is 5.61. The molecule has 0 saturated heterocycles. The van der Waals surface area contributed by atoms with Crippen molar-refractivity contribution in [3.63, 3.8) is 0 Å². The predicted molar refractivity (Wildman–Crippen MR) is 67.3 cm³/mol. The van der Waals surface area contributed by atoms with Crippen molar-refractivity contribution in [1.29, 1.82) is 0 Å². The van der Waals surface area contributed by atoms with E-state index in [1.807, 2.05) is 0 Å². The average molecular weight is 292 g/mol. The summed E-state index contributed by atoms with van der Waals surface area (Å²) in [6.07, 6.45) is 1.05. The molecule has 0 aliphatic carbocycles. The molecule has 1 aromatic rings. The van der Waals surface area contributed by atoms with Gasteiger partial charge >= 0.3 is 0 Å². The maximum absolute atomic E-state index is 10.8. The predicted octanol–water partition coefficient (Wildman–Crippen LogP) is 0.846. The fourth-order valence-corrected chi connectivity index (χ4v) is 2.40. The van der Waals surface area contributed by atoms with Crippen LogP contribution >= 0.6 is 0 Å². The molecule has 2 N–H and O–H groups in total. The van der Waals surface area contributed by atoms with Gasteiger partial charge < -0.3 is 0 Å². The standard InChI is InChI=1S/C10H12O6S2/c11-17(12,13)7-6-10(8-18(14,15)16)9-4-2-1-3-5-9/h1-6H,7-8H2,(H,11,12,13)(H,14,15,16)/b10-6-. The number of benzene rings is 1. The second-order valence-electron chi connectivity index (χ2n) is 3.57. The van der Waals surface area contributed by atoms with Gasteiger partial charge in [-0.1, -0.05) is 36.4 Å².